The minimum atomic E-state index is -5.01. The molecule has 1 heterocycles. The molecule has 0 bridgehead atoms. The number of nitrogens with one attached hydrogen (secondary N) is 2. The molecule has 1 aromatic heterocycles. The van der Waals surface area contributed by atoms with Crippen LogP contribution in [0.2, 0.25) is 0 Å². The fourth-order valence-corrected chi connectivity index (χ4v) is 4.73. The predicted octanol–water partition coefficient (Wildman–Crippen LogP) is 4.23. The second kappa shape index (κ2) is 7.00. The van der Waals surface area contributed by atoms with E-state index in [0.717, 1.165) is 0 Å². The predicted molar refractivity (Wildman–Crippen MR) is 112 cm³/mol. The van der Waals surface area contributed by atoms with Crippen LogP contribution in [0.3, 0.4) is 0 Å². The Balaban J connectivity index is 1.99. The van der Waals surface area contributed by atoms with Crippen molar-refractivity contribution in [3.8, 4) is 11.8 Å². The second-order valence-electron chi connectivity index (χ2n) is 8.67. The first kappa shape index (κ1) is 21.7. The number of anilines is 1. The van der Waals surface area contributed by atoms with E-state index in [2.05, 4.69) is 10.3 Å². The first-order chi connectivity index (χ1) is 14.9. The number of hydrogen-bond donors (Lipinski definition) is 4. The molecule has 0 radical (unpaired) electrons. The van der Waals surface area contributed by atoms with Crippen LogP contribution in [-0.4, -0.2) is 27.0 Å². The standard InChI is InChI=1S/C23H20F3N3O3/c1-21(2)11-22(32,23(24,25)26)19(15-7-6-12(10-27)18(30)17(15)21)29-16-5-3-4-14-13(16)8-9-28-20(14)31/h3-9,19,29-30,32H,11H2,1-2H3,(H,28,31). The number of fused-ring (bicyclic) bond motifs is 2. The number of phenolic OH excluding ortho intramolecular Hbond substituents is 1. The fraction of sp³-hybridized carbons (Fsp3) is 0.304. The molecule has 4 N–H and O–H groups in total. The van der Waals surface area contributed by atoms with E-state index in [0.29, 0.717) is 5.39 Å². The summed E-state index contributed by atoms with van der Waals surface area (Å²) in [6.07, 6.45) is -4.37. The van der Waals surface area contributed by atoms with Crippen molar-refractivity contribution in [2.45, 2.75) is 43.5 Å². The summed E-state index contributed by atoms with van der Waals surface area (Å²) >= 11 is 0. The van der Waals surface area contributed by atoms with E-state index in [1.807, 2.05) is 6.07 Å². The second-order valence-corrected chi connectivity index (χ2v) is 8.67. The molecule has 32 heavy (non-hydrogen) atoms. The van der Waals surface area contributed by atoms with Crippen molar-refractivity contribution in [1.29, 1.82) is 5.26 Å². The Morgan fingerprint density at radius 1 is 1.19 bits per heavy atom. The molecule has 1 aliphatic rings. The van der Waals surface area contributed by atoms with Gasteiger partial charge in [0.2, 0.25) is 0 Å². The van der Waals surface area contributed by atoms with Gasteiger partial charge in [0.25, 0.3) is 5.56 Å². The van der Waals surface area contributed by atoms with Gasteiger partial charge in [-0.3, -0.25) is 4.79 Å². The molecule has 4 rings (SSSR count). The summed E-state index contributed by atoms with van der Waals surface area (Å²) in [7, 11) is 0. The van der Waals surface area contributed by atoms with Crippen molar-refractivity contribution >= 4 is 16.5 Å². The molecule has 6 nitrogen and oxygen atoms in total. The van der Waals surface area contributed by atoms with E-state index >= 15 is 0 Å². The Labute approximate surface area is 180 Å². The molecule has 0 saturated carbocycles. The first-order valence-electron chi connectivity index (χ1n) is 9.83. The summed E-state index contributed by atoms with van der Waals surface area (Å²) < 4.78 is 42.8. The van der Waals surface area contributed by atoms with Gasteiger partial charge in [-0.05, 0) is 41.7 Å². The molecule has 0 aliphatic heterocycles. The average Bonchev–Trinajstić information content (AvgIpc) is 2.70. The topological polar surface area (TPSA) is 109 Å². The van der Waals surface area contributed by atoms with Crippen LogP contribution in [-0.2, 0) is 5.41 Å². The van der Waals surface area contributed by atoms with E-state index in [1.165, 1.54) is 50.4 Å². The maximum atomic E-state index is 14.3. The number of alkyl halides is 3. The van der Waals surface area contributed by atoms with Crippen LogP contribution in [0, 0.1) is 11.3 Å². The third-order valence-electron chi connectivity index (χ3n) is 6.11. The van der Waals surface area contributed by atoms with Crippen LogP contribution in [0.15, 0.2) is 47.4 Å². The van der Waals surface area contributed by atoms with Crippen LogP contribution in [0.1, 0.15) is 43.0 Å². The quantitative estimate of drug-likeness (QED) is 0.474. The number of rotatable bonds is 2. The fourth-order valence-electron chi connectivity index (χ4n) is 4.73. The smallest absolute Gasteiger partial charge is 0.419 e. The minimum absolute atomic E-state index is 0.0272. The highest BCUT2D eigenvalue weighted by molar-refractivity contribution is 5.93. The van der Waals surface area contributed by atoms with E-state index in [9.17, 15) is 33.4 Å². The zero-order valence-electron chi connectivity index (χ0n) is 17.2. The number of nitriles is 1. The highest BCUT2D eigenvalue weighted by Crippen LogP contribution is 2.56. The van der Waals surface area contributed by atoms with Gasteiger partial charge in [-0.15, -0.1) is 0 Å². The molecule has 0 amide bonds. The summed E-state index contributed by atoms with van der Waals surface area (Å²) in [5.41, 5.74) is -4.53. The maximum Gasteiger partial charge on any atom is 0.419 e. The Kier molecular flexibility index (Phi) is 4.75. The van der Waals surface area contributed by atoms with E-state index in [-0.39, 0.29) is 27.8 Å². The molecular weight excluding hydrogens is 423 g/mol. The van der Waals surface area contributed by atoms with Gasteiger partial charge in [-0.1, -0.05) is 26.0 Å². The van der Waals surface area contributed by atoms with Crippen molar-refractivity contribution in [2.75, 3.05) is 5.32 Å². The van der Waals surface area contributed by atoms with Crippen molar-refractivity contribution in [3.63, 3.8) is 0 Å². The first-order valence-corrected chi connectivity index (χ1v) is 9.83. The Hall–Kier alpha value is -3.51. The third kappa shape index (κ3) is 3.10. The molecule has 3 aromatic rings. The molecule has 2 atom stereocenters. The summed E-state index contributed by atoms with van der Waals surface area (Å²) in [6.45, 7) is 2.97. The summed E-state index contributed by atoms with van der Waals surface area (Å²) in [5.74, 6) is -0.402. The van der Waals surface area contributed by atoms with Crippen LogP contribution in [0.5, 0.6) is 5.75 Å². The Bertz CT molecular complexity index is 1320. The van der Waals surface area contributed by atoms with Gasteiger partial charge in [0.15, 0.2) is 5.60 Å². The number of pyridine rings is 1. The van der Waals surface area contributed by atoms with Crippen molar-refractivity contribution in [2.24, 2.45) is 0 Å². The zero-order valence-corrected chi connectivity index (χ0v) is 17.2. The van der Waals surface area contributed by atoms with Gasteiger partial charge < -0.3 is 20.5 Å². The lowest BCUT2D eigenvalue weighted by atomic mass is 9.63. The van der Waals surface area contributed by atoms with Crippen molar-refractivity contribution in [3.05, 3.63) is 69.6 Å². The molecule has 1 aliphatic carbocycles. The summed E-state index contributed by atoms with van der Waals surface area (Å²) in [4.78, 5) is 14.6. The molecule has 0 saturated heterocycles. The summed E-state index contributed by atoms with van der Waals surface area (Å²) in [5, 5.41) is 34.5. The molecule has 9 heteroatoms. The molecule has 2 aromatic carbocycles. The number of hydrogen-bond acceptors (Lipinski definition) is 5. The number of phenols is 1. The molecule has 166 valence electrons. The molecule has 0 spiro atoms. The van der Waals surface area contributed by atoms with Crippen molar-refractivity contribution in [1.82, 2.24) is 4.98 Å². The number of aromatic hydroxyl groups is 1. The van der Waals surface area contributed by atoms with Crippen LogP contribution in [0.4, 0.5) is 18.9 Å². The van der Waals surface area contributed by atoms with Crippen LogP contribution < -0.4 is 10.9 Å². The maximum absolute atomic E-state index is 14.3. The lowest BCUT2D eigenvalue weighted by Crippen LogP contribution is -2.58. The van der Waals surface area contributed by atoms with Crippen LogP contribution in [0.25, 0.3) is 10.8 Å². The van der Waals surface area contributed by atoms with Gasteiger partial charge in [0.05, 0.1) is 11.6 Å². The number of aliphatic hydroxyl groups is 1. The highest BCUT2D eigenvalue weighted by atomic mass is 19.4. The normalized spacial score (nSPS) is 22.2. The largest absolute Gasteiger partial charge is 0.506 e. The van der Waals surface area contributed by atoms with Gasteiger partial charge in [0, 0.05) is 28.2 Å². The Morgan fingerprint density at radius 2 is 1.91 bits per heavy atom. The van der Waals surface area contributed by atoms with Gasteiger partial charge >= 0.3 is 6.18 Å². The highest BCUT2D eigenvalue weighted by Gasteiger charge is 2.64. The number of aromatic amines is 1. The molecule has 0 fully saturated rings. The minimum Gasteiger partial charge on any atom is -0.506 e. The Morgan fingerprint density at radius 3 is 2.56 bits per heavy atom. The third-order valence-corrected chi connectivity index (χ3v) is 6.11. The van der Waals surface area contributed by atoms with E-state index in [1.54, 1.807) is 6.07 Å². The monoisotopic (exact) mass is 443 g/mol. The number of halogens is 3. The summed E-state index contributed by atoms with van der Waals surface area (Å²) in [6, 6.07) is 8.82. The van der Waals surface area contributed by atoms with Crippen molar-refractivity contribution < 1.29 is 23.4 Å². The number of H-pyrrole nitrogens is 1. The van der Waals surface area contributed by atoms with Gasteiger partial charge in [-0.25, -0.2) is 0 Å². The zero-order chi connectivity index (χ0) is 23.5. The van der Waals surface area contributed by atoms with Gasteiger partial charge in [0.1, 0.15) is 11.8 Å². The lowest BCUT2D eigenvalue weighted by Gasteiger charge is -2.49. The lowest BCUT2D eigenvalue weighted by molar-refractivity contribution is -0.275. The number of benzene rings is 2. The number of aromatic nitrogens is 1. The molecular formula is C23H20F3N3O3. The van der Waals surface area contributed by atoms with Crippen LogP contribution >= 0.6 is 0 Å². The van der Waals surface area contributed by atoms with E-state index in [4.69, 9.17) is 0 Å². The average molecular weight is 443 g/mol. The van der Waals surface area contributed by atoms with E-state index < -0.39 is 41.0 Å². The molecule has 2 unspecified atom stereocenters. The number of nitrogens with zero attached hydrogens (tertiary/aromatic N) is 1. The SMILES string of the molecule is CC1(C)CC(O)(C(F)(F)F)C(Nc2cccc3c(=O)[nH]ccc23)c2ccc(C#N)c(O)c21. The van der Waals surface area contributed by atoms with Gasteiger partial charge in [-0.2, -0.15) is 18.4 Å².